The first-order valence-electron chi connectivity index (χ1n) is 5.46. The molecule has 1 atom stereocenters. The van der Waals surface area contributed by atoms with Gasteiger partial charge in [-0.15, -0.1) is 0 Å². The van der Waals surface area contributed by atoms with E-state index in [-0.39, 0.29) is 17.5 Å². The van der Waals surface area contributed by atoms with Crippen molar-refractivity contribution in [1.29, 1.82) is 0 Å². The molecule has 0 bridgehead atoms. The van der Waals surface area contributed by atoms with Gasteiger partial charge in [0.15, 0.2) is 0 Å². The second kappa shape index (κ2) is 4.08. The second-order valence-corrected chi connectivity index (χ2v) is 4.26. The molecule has 2 N–H and O–H groups in total. The summed E-state index contributed by atoms with van der Waals surface area (Å²) >= 11 is 0. The van der Waals surface area contributed by atoms with Gasteiger partial charge in [0, 0.05) is 12.3 Å². The SMILES string of the molecule is CC(=O)C1CCc2ncc(N)[n+]([O-])c2CC1. The van der Waals surface area contributed by atoms with Crippen molar-refractivity contribution in [3.05, 3.63) is 22.8 Å². The molecule has 1 aliphatic rings. The minimum atomic E-state index is 0.0513. The molecule has 2 rings (SSSR count). The van der Waals surface area contributed by atoms with Gasteiger partial charge in [0.1, 0.15) is 17.7 Å². The molecular formula is C11H15N3O2. The molecule has 0 aliphatic heterocycles. The summed E-state index contributed by atoms with van der Waals surface area (Å²) in [6.07, 6.45) is 4.15. The normalized spacial score (nSPS) is 19.9. The summed E-state index contributed by atoms with van der Waals surface area (Å²) < 4.78 is 0.741. The van der Waals surface area contributed by atoms with Crippen molar-refractivity contribution >= 4 is 11.6 Å². The fourth-order valence-corrected chi connectivity index (χ4v) is 2.17. The Bertz CT molecular complexity index is 431. The molecular weight excluding hydrogens is 206 g/mol. The largest absolute Gasteiger partial charge is 0.710 e. The van der Waals surface area contributed by atoms with Crippen LogP contribution in [-0.2, 0) is 17.6 Å². The third kappa shape index (κ3) is 1.85. The van der Waals surface area contributed by atoms with Gasteiger partial charge >= 0.3 is 0 Å². The maximum absolute atomic E-state index is 11.7. The molecule has 0 aromatic carbocycles. The molecule has 0 spiro atoms. The Morgan fingerprint density at radius 1 is 1.56 bits per heavy atom. The molecule has 5 heteroatoms. The minimum absolute atomic E-state index is 0.0513. The summed E-state index contributed by atoms with van der Waals surface area (Å²) in [7, 11) is 0. The molecule has 0 saturated carbocycles. The molecule has 0 saturated heterocycles. The molecule has 1 heterocycles. The zero-order valence-electron chi connectivity index (χ0n) is 9.27. The topological polar surface area (TPSA) is 82.9 Å². The van der Waals surface area contributed by atoms with E-state index in [9.17, 15) is 10.0 Å². The van der Waals surface area contributed by atoms with Crippen LogP contribution in [0.15, 0.2) is 6.20 Å². The molecule has 16 heavy (non-hydrogen) atoms. The van der Waals surface area contributed by atoms with Gasteiger partial charge < -0.3 is 5.21 Å². The van der Waals surface area contributed by atoms with E-state index in [4.69, 9.17) is 5.73 Å². The second-order valence-electron chi connectivity index (χ2n) is 4.26. The lowest BCUT2D eigenvalue weighted by Gasteiger charge is -2.12. The van der Waals surface area contributed by atoms with E-state index < -0.39 is 0 Å². The summed E-state index contributed by atoms with van der Waals surface area (Å²) in [5, 5.41) is 11.7. The van der Waals surface area contributed by atoms with Gasteiger partial charge in [0.2, 0.25) is 0 Å². The van der Waals surface area contributed by atoms with Crippen LogP contribution in [0.2, 0.25) is 0 Å². The van der Waals surface area contributed by atoms with Gasteiger partial charge in [0.05, 0.1) is 5.69 Å². The first-order chi connectivity index (χ1) is 7.59. The average Bonchev–Trinajstić information content (AvgIpc) is 2.46. The number of nitrogens with two attached hydrogens (primary N) is 1. The Morgan fingerprint density at radius 3 is 2.94 bits per heavy atom. The molecule has 1 aromatic rings. The third-order valence-corrected chi connectivity index (χ3v) is 3.20. The number of aryl methyl sites for hydroxylation is 1. The first kappa shape index (κ1) is 10.9. The van der Waals surface area contributed by atoms with Crippen molar-refractivity contribution in [2.75, 3.05) is 5.73 Å². The zero-order chi connectivity index (χ0) is 11.7. The summed E-state index contributed by atoms with van der Waals surface area (Å²) in [6.45, 7) is 1.60. The van der Waals surface area contributed by atoms with Crippen LogP contribution in [0.4, 0.5) is 5.82 Å². The minimum Gasteiger partial charge on any atom is -0.710 e. The number of Topliss-reactive ketones (excluding diaryl/α,β-unsaturated/α-hetero) is 1. The highest BCUT2D eigenvalue weighted by molar-refractivity contribution is 5.78. The number of carbonyl (C=O) groups excluding carboxylic acids is 1. The lowest BCUT2D eigenvalue weighted by Crippen LogP contribution is -2.37. The van der Waals surface area contributed by atoms with E-state index in [0.717, 1.165) is 23.3 Å². The number of anilines is 1. The number of nitrogens with zero attached hydrogens (tertiary/aromatic N) is 2. The maximum Gasteiger partial charge on any atom is 0.294 e. The van der Waals surface area contributed by atoms with Gasteiger partial charge in [-0.2, -0.15) is 0 Å². The van der Waals surface area contributed by atoms with Crippen molar-refractivity contribution < 1.29 is 9.52 Å². The van der Waals surface area contributed by atoms with Crippen LogP contribution in [-0.4, -0.2) is 10.8 Å². The Kier molecular flexibility index (Phi) is 2.77. The van der Waals surface area contributed by atoms with Crippen molar-refractivity contribution in [3.8, 4) is 0 Å². The molecule has 86 valence electrons. The van der Waals surface area contributed by atoms with Crippen LogP contribution in [0, 0.1) is 11.1 Å². The van der Waals surface area contributed by atoms with Gasteiger partial charge in [-0.3, -0.25) is 10.5 Å². The van der Waals surface area contributed by atoms with Crippen LogP contribution < -0.4 is 10.5 Å². The predicted molar refractivity (Wildman–Crippen MR) is 58.4 cm³/mol. The summed E-state index contributed by atoms with van der Waals surface area (Å²) in [5.74, 6) is 0.369. The van der Waals surface area contributed by atoms with E-state index in [0.29, 0.717) is 18.5 Å². The van der Waals surface area contributed by atoms with E-state index in [1.807, 2.05) is 0 Å². The van der Waals surface area contributed by atoms with E-state index in [1.165, 1.54) is 6.20 Å². The Balaban J connectivity index is 2.31. The van der Waals surface area contributed by atoms with Crippen molar-refractivity contribution in [3.63, 3.8) is 0 Å². The quantitative estimate of drug-likeness (QED) is 0.422. The van der Waals surface area contributed by atoms with Crippen molar-refractivity contribution in [1.82, 2.24) is 4.98 Å². The number of rotatable bonds is 1. The zero-order valence-corrected chi connectivity index (χ0v) is 9.27. The molecule has 1 aliphatic carbocycles. The van der Waals surface area contributed by atoms with Crippen LogP contribution in [0.1, 0.15) is 31.2 Å². The van der Waals surface area contributed by atoms with Gasteiger partial charge in [0.25, 0.3) is 5.82 Å². The van der Waals surface area contributed by atoms with Crippen LogP contribution in [0.3, 0.4) is 0 Å². The summed E-state index contributed by atoms with van der Waals surface area (Å²) in [5.41, 5.74) is 6.92. The maximum atomic E-state index is 11.7. The highest BCUT2D eigenvalue weighted by atomic mass is 16.5. The number of nitrogen functional groups attached to an aromatic ring is 1. The fourth-order valence-electron chi connectivity index (χ4n) is 2.17. The Morgan fingerprint density at radius 2 is 2.25 bits per heavy atom. The lowest BCUT2D eigenvalue weighted by atomic mass is 9.96. The van der Waals surface area contributed by atoms with Crippen molar-refractivity contribution in [2.45, 2.75) is 32.6 Å². The van der Waals surface area contributed by atoms with Gasteiger partial charge in [-0.05, 0) is 26.2 Å². The van der Waals surface area contributed by atoms with Crippen LogP contribution in [0.25, 0.3) is 0 Å². The van der Waals surface area contributed by atoms with E-state index in [2.05, 4.69) is 4.98 Å². The highest BCUT2D eigenvalue weighted by Gasteiger charge is 2.23. The first-order valence-corrected chi connectivity index (χ1v) is 5.46. The standard InChI is InChI=1S/C11H15N3O2/c1-7(15)8-2-4-9-10(5-3-8)14(16)11(12)6-13-9/h6,8H,2-5,12H2,1H3. The number of ketones is 1. The molecule has 1 unspecified atom stereocenters. The number of aromatic nitrogens is 2. The molecule has 0 amide bonds. The summed E-state index contributed by atoms with van der Waals surface area (Å²) in [4.78, 5) is 15.5. The number of carbonyl (C=O) groups is 1. The van der Waals surface area contributed by atoms with Gasteiger partial charge in [-0.1, -0.05) is 0 Å². The fraction of sp³-hybridized carbons (Fsp3) is 0.545. The van der Waals surface area contributed by atoms with Crippen molar-refractivity contribution in [2.24, 2.45) is 5.92 Å². The molecule has 1 aromatic heterocycles. The van der Waals surface area contributed by atoms with Crippen LogP contribution >= 0.6 is 0 Å². The summed E-state index contributed by atoms with van der Waals surface area (Å²) in [6, 6.07) is 0. The molecule has 0 fully saturated rings. The molecule has 5 nitrogen and oxygen atoms in total. The number of hydrogen-bond donors (Lipinski definition) is 1. The Hall–Kier alpha value is -1.65. The monoisotopic (exact) mass is 221 g/mol. The van der Waals surface area contributed by atoms with E-state index in [1.54, 1.807) is 6.92 Å². The average molecular weight is 221 g/mol. The highest BCUT2D eigenvalue weighted by Crippen LogP contribution is 2.22. The molecule has 0 radical (unpaired) electrons. The Labute approximate surface area is 93.9 Å². The van der Waals surface area contributed by atoms with E-state index >= 15 is 0 Å². The third-order valence-electron chi connectivity index (χ3n) is 3.20. The predicted octanol–water partition coefficient (Wildman–Crippen LogP) is 0.381. The number of hydrogen-bond acceptors (Lipinski definition) is 4. The van der Waals surface area contributed by atoms with Gasteiger partial charge in [-0.25, -0.2) is 9.71 Å². The number of fused-ring (bicyclic) bond motifs is 1. The lowest BCUT2D eigenvalue weighted by molar-refractivity contribution is -0.599. The smallest absolute Gasteiger partial charge is 0.294 e. The van der Waals surface area contributed by atoms with Crippen LogP contribution in [0.5, 0.6) is 0 Å².